The van der Waals surface area contributed by atoms with Crippen molar-refractivity contribution in [3.05, 3.63) is 47.5 Å². The van der Waals surface area contributed by atoms with Crippen LogP contribution in [0.1, 0.15) is 33.1 Å². The summed E-state index contributed by atoms with van der Waals surface area (Å²) in [6, 6.07) is 0. The van der Waals surface area contributed by atoms with Gasteiger partial charge in [0, 0.05) is 17.5 Å². The average Bonchev–Trinajstić information content (AvgIpc) is 3.04. The Labute approximate surface area is 104 Å². The van der Waals surface area contributed by atoms with Gasteiger partial charge in [-0.1, -0.05) is 26.2 Å². The molecule has 17 heavy (non-hydrogen) atoms. The summed E-state index contributed by atoms with van der Waals surface area (Å²) in [6.07, 6.45) is 7.77. The summed E-state index contributed by atoms with van der Waals surface area (Å²) in [7, 11) is 0. The van der Waals surface area contributed by atoms with Crippen LogP contribution < -0.4 is 5.32 Å². The van der Waals surface area contributed by atoms with Gasteiger partial charge in [-0.2, -0.15) is 0 Å². The van der Waals surface area contributed by atoms with Gasteiger partial charge in [0.1, 0.15) is 0 Å². The van der Waals surface area contributed by atoms with E-state index in [1.165, 1.54) is 18.5 Å². The van der Waals surface area contributed by atoms with Gasteiger partial charge in [-0.05, 0) is 37.7 Å². The predicted molar refractivity (Wildman–Crippen MR) is 73.7 cm³/mol. The molecule has 90 valence electrons. The lowest BCUT2D eigenvalue weighted by molar-refractivity contribution is 0.833. The maximum atomic E-state index is 4.27. The smallest absolute Gasteiger partial charge is 0.0799 e. The highest BCUT2D eigenvalue weighted by Crippen LogP contribution is 2.37. The molecule has 1 saturated carbocycles. The first kappa shape index (κ1) is 11.9. The van der Waals surface area contributed by atoms with Gasteiger partial charge in [-0.3, -0.25) is 4.99 Å². The fourth-order valence-corrected chi connectivity index (χ4v) is 1.97. The quantitative estimate of drug-likeness (QED) is 0.762. The number of nitrogens with one attached hydrogen (secondary N) is 1. The first-order chi connectivity index (χ1) is 8.13. The second-order valence-electron chi connectivity index (χ2n) is 4.74. The van der Waals surface area contributed by atoms with Crippen molar-refractivity contribution in [1.29, 1.82) is 0 Å². The lowest BCUT2D eigenvalue weighted by atomic mass is 10.1. The Hall–Kier alpha value is -1.57. The van der Waals surface area contributed by atoms with E-state index >= 15 is 0 Å². The topological polar surface area (TPSA) is 24.4 Å². The van der Waals surface area contributed by atoms with Crippen LogP contribution >= 0.6 is 0 Å². The molecule has 1 aliphatic heterocycles. The minimum atomic E-state index is 0.710. The first-order valence-electron chi connectivity index (χ1n) is 6.24. The van der Waals surface area contributed by atoms with E-state index in [0.29, 0.717) is 5.92 Å². The summed E-state index contributed by atoms with van der Waals surface area (Å²) in [5.74, 6) is 0.710. The summed E-state index contributed by atoms with van der Waals surface area (Å²) in [6.45, 7) is 12.1. The van der Waals surface area contributed by atoms with Gasteiger partial charge < -0.3 is 5.32 Å². The van der Waals surface area contributed by atoms with Crippen molar-refractivity contribution in [2.75, 3.05) is 0 Å². The fourth-order valence-electron chi connectivity index (χ4n) is 1.97. The Morgan fingerprint density at radius 2 is 2.29 bits per heavy atom. The SMILES string of the molecule is C=C(C)C1=C(N/C(=C\CC)C2CC2)C(=C)N=C1. The van der Waals surface area contributed by atoms with Crippen molar-refractivity contribution in [3.8, 4) is 0 Å². The van der Waals surface area contributed by atoms with Crippen LogP contribution in [0.25, 0.3) is 0 Å². The molecule has 0 amide bonds. The Balaban J connectivity index is 2.21. The monoisotopic (exact) mass is 228 g/mol. The molecule has 2 nitrogen and oxygen atoms in total. The summed E-state index contributed by atoms with van der Waals surface area (Å²) < 4.78 is 0. The largest absolute Gasteiger partial charge is 0.357 e. The molecule has 0 aromatic heterocycles. The van der Waals surface area contributed by atoms with Crippen LogP contribution in [0.4, 0.5) is 0 Å². The normalized spacial score (nSPS) is 20.1. The molecule has 1 fully saturated rings. The molecule has 0 atom stereocenters. The van der Waals surface area contributed by atoms with Gasteiger partial charge in [0.05, 0.1) is 11.4 Å². The van der Waals surface area contributed by atoms with Crippen molar-refractivity contribution < 1.29 is 0 Å². The van der Waals surface area contributed by atoms with Crippen LogP contribution in [0.2, 0.25) is 0 Å². The molecule has 1 heterocycles. The molecule has 1 N–H and O–H groups in total. The zero-order valence-electron chi connectivity index (χ0n) is 10.7. The first-order valence-corrected chi connectivity index (χ1v) is 6.24. The summed E-state index contributed by atoms with van der Waals surface area (Å²) >= 11 is 0. The van der Waals surface area contributed by atoms with Gasteiger partial charge in [0.2, 0.25) is 0 Å². The highest BCUT2D eigenvalue weighted by Gasteiger charge is 2.27. The molecule has 0 aromatic rings. The molecule has 0 spiro atoms. The number of hydrogen-bond donors (Lipinski definition) is 1. The molecule has 2 rings (SSSR count). The summed E-state index contributed by atoms with van der Waals surface area (Å²) in [5, 5.41) is 3.52. The second kappa shape index (κ2) is 4.74. The van der Waals surface area contributed by atoms with E-state index in [9.17, 15) is 0 Å². The molecule has 0 aromatic carbocycles. The molecule has 2 aliphatic rings. The lowest BCUT2D eigenvalue weighted by Crippen LogP contribution is -2.16. The molecule has 0 unspecified atom stereocenters. The molecular weight excluding hydrogens is 208 g/mol. The molecular formula is C15H20N2. The van der Waals surface area contributed by atoms with Crippen LogP contribution in [0.15, 0.2) is 52.5 Å². The van der Waals surface area contributed by atoms with Crippen LogP contribution in [-0.2, 0) is 0 Å². The predicted octanol–water partition coefficient (Wildman–Crippen LogP) is 3.71. The van der Waals surface area contributed by atoms with Gasteiger partial charge in [0.25, 0.3) is 0 Å². The van der Waals surface area contributed by atoms with E-state index in [1.807, 2.05) is 13.1 Å². The molecule has 0 radical (unpaired) electrons. The minimum absolute atomic E-state index is 0.710. The van der Waals surface area contributed by atoms with Crippen LogP contribution in [-0.4, -0.2) is 6.21 Å². The third kappa shape index (κ3) is 2.57. The van der Waals surface area contributed by atoms with Gasteiger partial charge in [0.15, 0.2) is 0 Å². The summed E-state index contributed by atoms with van der Waals surface area (Å²) in [5.41, 5.74) is 5.28. The van der Waals surface area contributed by atoms with E-state index < -0.39 is 0 Å². The number of rotatable bonds is 5. The highest BCUT2D eigenvalue weighted by molar-refractivity contribution is 5.90. The van der Waals surface area contributed by atoms with E-state index in [0.717, 1.165) is 29.0 Å². The number of nitrogens with zero attached hydrogens (tertiary/aromatic N) is 1. The maximum Gasteiger partial charge on any atom is 0.0799 e. The van der Waals surface area contributed by atoms with Crippen molar-refractivity contribution in [1.82, 2.24) is 5.32 Å². The van der Waals surface area contributed by atoms with E-state index in [2.05, 4.69) is 36.5 Å². The Kier molecular flexibility index (Phi) is 3.32. The molecule has 0 bridgehead atoms. The Morgan fingerprint density at radius 1 is 1.59 bits per heavy atom. The average molecular weight is 228 g/mol. The fraction of sp³-hybridized carbons (Fsp3) is 0.400. The van der Waals surface area contributed by atoms with Gasteiger partial charge in [-0.15, -0.1) is 0 Å². The van der Waals surface area contributed by atoms with Crippen LogP contribution in [0, 0.1) is 5.92 Å². The summed E-state index contributed by atoms with van der Waals surface area (Å²) in [4.78, 5) is 4.27. The van der Waals surface area contributed by atoms with Crippen LogP contribution in [0.5, 0.6) is 0 Å². The number of aliphatic imine (C=N–C) groups is 1. The van der Waals surface area contributed by atoms with Crippen molar-refractivity contribution >= 4 is 6.21 Å². The van der Waals surface area contributed by atoms with E-state index in [-0.39, 0.29) is 0 Å². The van der Waals surface area contributed by atoms with Crippen LogP contribution in [0.3, 0.4) is 0 Å². The molecule has 1 aliphatic carbocycles. The van der Waals surface area contributed by atoms with Crippen molar-refractivity contribution in [2.45, 2.75) is 33.1 Å². The van der Waals surface area contributed by atoms with Gasteiger partial charge >= 0.3 is 0 Å². The zero-order valence-corrected chi connectivity index (χ0v) is 10.7. The number of allylic oxidation sites excluding steroid dienone is 4. The highest BCUT2D eigenvalue weighted by atomic mass is 15.0. The Bertz CT molecular complexity index is 446. The maximum absolute atomic E-state index is 4.27. The zero-order chi connectivity index (χ0) is 12.4. The van der Waals surface area contributed by atoms with E-state index in [4.69, 9.17) is 0 Å². The standard InChI is InChI=1S/C15H20N2/c1-5-6-14(12-7-8-12)17-15-11(4)16-9-13(15)10(2)3/h6,9,12,17H,2,4-5,7-8H2,1,3H3/b14-6-. The lowest BCUT2D eigenvalue weighted by Gasteiger charge is -2.13. The molecule has 0 saturated heterocycles. The Morgan fingerprint density at radius 3 is 2.82 bits per heavy atom. The second-order valence-corrected chi connectivity index (χ2v) is 4.74. The van der Waals surface area contributed by atoms with Gasteiger partial charge in [-0.25, -0.2) is 0 Å². The van der Waals surface area contributed by atoms with Crippen molar-refractivity contribution in [3.63, 3.8) is 0 Å². The third-order valence-corrected chi connectivity index (χ3v) is 3.08. The minimum Gasteiger partial charge on any atom is -0.357 e. The molecule has 2 heteroatoms. The number of hydrogen-bond acceptors (Lipinski definition) is 2. The third-order valence-electron chi connectivity index (χ3n) is 3.08. The van der Waals surface area contributed by atoms with Crippen molar-refractivity contribution in [2.24, 2.45) is 10.9 Å². The van der Waals surface area contributed by atoms with E-state index in [1.54, 1.807) is 0 Å².